The summed E-state index contributed by atoms with van der Waals surface area (Å²) in [7, 11) is 0. The second kappa shape index (κ2) is 6.82. The number of nitrogens with zero attached hydrogens (tertiary/aromatic N) is 1. The molecule has 0 bridgehead atoms. The van der Waals surface area contributed by atoms with E-state index in [4.69, 9.17) is 5.84 Å². The fraction of sp³-hybridized carbons (Fsp3) is 0.545. The van der Waals surface area contributed by atoms with Crippen molar-refractivity contribution in [1.82, 2.24) is 10.4 Å². The van der Waals surface area contributed by atoms with Crippen molar-refractivity contribution in [2.45, 2.75) is 31.6 Å². The number of hydrogen-bond acceptors (Lipinski definition) is 4. The van der Waals surface area contributed by atoms with Crippen molar-refractivity contribution >= 4 is 11.8 Å². The zero-order chi connectivity index (χ0) is 11.1. The van der Waals surface area contributed by atoms with E-state index in [1.807, 2.05) is 24.0 Å². The van der Waals surface area contributed by atoms with E-state index in [0.29, 0.717) is 11.3 Å². The molecule has 84 valence electrons. The van der Waals surface area contributed by atoms with Crippen molar-refractivity contribution in [3.05, 3.63) is 30.1 Å². The Balaban J connectivity index is 2.40. The van der Waals surface area contributed by atoms with Crippen LogP contribution in [-0.2, 0) is 6.42 Å². The number of nitrogens with two attached hydrogens (primary N) is 1. The van der Waals surface area contributed by atoms with Gasteiger partial charge >= 0.3 is 0 Å². The first-order valence-corrected chi connectivity index (χ1v) is 6.24. The molecular formula is C11H19N3S. The molecule has 1 heterocycles. The van der Waals surface area contributed by atoms with Gasteiger partial charge in [0.05, 0.1) is 0 Å². The Morgan fingerprint density at radius 2 is 2.33 bits per heavy atom. The van der Waals surface area contributed by atoms with E-state index in [1.165, 1.54) is 5.56 Å². The summed E-state index contributed by atoms with van der Waals surface area (Å²) in [6.45, 7) is 4.39. The Hall–Kier alpha value is -0.580. The molecule has 0 aliphatic carbocycles. The van der Waals surface area contributed by atoms with Crippen LogP contribution in [0.25, 0.3) is 0 Å². The number of thioether (sulfide) groups is 1. The maximum atomic E-state index is 5.52. The van der Waals surface area contributed by atoms with Crippen molar-refractivity contribution in [2.75, 3.05) is 5.75 Å². The third-order valence-corrected chi connectivity index (χ3v) is 3.33. The van der Waals surface area contributed by atoms with Crippen LogP contribution in [0.4, 0.5) is 0 Å². The summed E-state index contributed by atoms with van der Waals surface area (Å²) in [4.78, 5) is 4.09. The minimum Gasteiger partial charge on any atom is -0.271 e. The smallest absolute Gasteiger partial charge is 0.0342 e. The minimum atomic E-state index is 0.321. The molecular weight excluding hydrogens is 206 g/mol. The highest BCUT2D eigenvalue weighted by molar-refractivity contribution is 7.99. The van der Waals surface area contributed by atoms with E-state index in [9.17, 15) is 0 Å². The molecule has 0 aromatic carbocycles. The molecule has 0 aliphatic rings. The molecule has 0 amide bonds. The Morgan fingerprint density at radius 1 is 1.53 bits per heavy atom. The molecule has 0 fully saturated rings. The zero-order valence-corrected chi connectivity index (χ0v) is 10.1. The largest absolute Gasteiger partial charge is 0.271 e. The number of pyridine rings is 1. The summed E-state index contributed by atoms with van der Waals surface area (Å²) >= 11 is 1.92. The fourth-order valence-electron chi connectivity index (χ4n) is 1.28. The minimum absolute atomic E-state index is 0.321. The Morgan fingerprint density at radius 3 is 2.87 bits per heavy atom. The van der Waals surface area contributed by atoms with Crippen molar-refractivity contribution in [3.8, 4) is 0 Å². The lowest BCUT2D eigenvalue weighted by atomic mass is 10.1. The second-order valence-electron chi connectivity index (χ2n) is 3.81. The lowest BCUT2D eigenvalue weighted by molar-refractivity contribution is 0.574. The first-order chi connectivity index (χ1) is 7.22. The van der Waals surface area contributed by atoms with Crippen molar-refractivity contribution in [2.24, 2.45) is 5.84 Å². The van der Waals surface area contributed by atoms with Crippen LogP contribution in [0.3, 0.4) is 0 Å². The van der Waals surface area contributed by atoms with Crippen LogP contribution in [0, 0.1) is 0 Å². The van der Waals surface area contributed by atoms with Gasteiger partial charge in [-0.05, 0) is 23.3 Å². The van der Waals surface area contributed by atoms with Gasteiger partial charge < -0.3 is 0 Å². The maximum Gasteiger partial charge on any atom is 0.0342 e. The zero-order valence-electron chi connectivity index (χ0n) is 9.31. The fourth-order valence-corrected chi connectivity index (χ4v) is 2.11. The Kier molecular flexibility index (Phi) is 5.68. The number of aromatic nitrogens is 1. The van der Waals surface area contributed by atoms with Crippen LogP contribution in [0.5, 0.6) is 0 Å². The van der Waals surface area contributed by atoms with Gasteiger partial charge in [0, 0.05) is 24.2 Å². The standard InChI is InChI=1S/C11H19N3S/c1-9(2)15-8-11(14-12)6-10-4-3-5-13-7-10/h3-5,7,9,11,14H,6,8,12H2,1-2H3. The first kappa shape index (κ1) is 12.5. The summed E-state index contributed by atoms with van der Waals surface area (Å²) in [5.74, 6) is 6.55. The predicted octanol–water partition coefficient (Wildman–Crippen LogP) is 1.60. The average Bonchev–Trinajstić information content (AvgIpc) is 2.25. The molecule has 0 radical (unpaired) electrons. The molecule has 0 saturated carbocycles. The van der Waals surface area contributed by atoms with Gasteiger partial charge in [-0.2, -0.15) is 11.8 Å². The Labute approximate surface area is 95.8 Å². The maximum absolute atomic E-state index is 5.52. The van der Waals surface area contributed by atoms with Crippen LogP contribution in [0.2, 0.25) is 0 Å². The van der Waals surface area contributed by atoms with E-state index >= 15 is 0 Å². The van der Waals surface area contributed by atoms with Crippen molar-refractivity contribution < 1.29 is 0 Å². The van der Waals surface area contributed by atoms with Crippen molar-refractivity contribution in [1.29, 1.82) is 0 Å². The molecule has 1 rings (SSSR count). The first-order valence-electron chi connectivity index (χ1n) is 5.19. The predicted molar refractivity (Wildman–Crippen MR) is 66.6 cm³/mol. The SMILES string of the molecule is CC(C)SCC(Cc1cccnc1)NN. The van der Waals surface area contributed by atoms with Gasteiger partial charge in [-0.25, -0.2) is 0 Å². The van der Waals surface area contributed by atoms with Gasteiger partial charge in [-0.15, -0.1) is 0 Å². The van der Waals surface area contributed by atoms with Crippen molar-refractivity contribution in [3.63, 3.8) is 0 Å². The van der Waals surface area contributed by atoms with Crippen LogP contribution >= 0.6 is 11.8 Å². The van der Waals surface area contributed by atoms with E-state index in [2.05, 4.69) is 30.3 Å². The molecule has 1 aromatic rings. The van der Waals surface area contributed by atoms with Crippen LogP contribution < -0.4 is 11.3 Å². The van der Waals surface area contributed by atoms with E-state index in [0.717, 1.165) is 12.2 Å². The third kappa shape index (κ3) is 5.16. The van der Waals surface area contributed by atoms with E-state index in [1.54, 1.807) is 6.20 Å². The Bertz CT molecular complexity index is 264. The summed E-state index contributed by atoms with van der Waals surface area (Å²) in [5.41, 5.74) is 4.08. The highest BCUT2D eigenvalue weighted by atomic mass is 32.2. The number of rotatable bonds is 6. The summed E-state index contributed by atoms with van der Waals surface area (Å²) < 4.78 is 0. The van der Waals surface area contributed by atoms with Gasteiger partial charge in [-0.1, -0.05) is 19.9 Å². The molecule has 3 nitrogen and oxygen atoms in total. The van der Waals surface area contributed by atoms with Gasteiger partial charge in [0.15, 0.2) is 0 Å². The molecule has 15 heavy (non-hydrogen) atoms. The van der Waals surface area contributed by atoms with Crippen LogP contribution in [0.15, 0.2) is 24.5 Å². The second-order valence-corrected chi connectivity index (χ2v) is 5.42. The molecule has 4 heteroatoms. The monoisotopic (exact) mass is 225 g/mol. The van der Waals surface area contributed by atoms with Gasteiger partial charge in [0.2, 0.25) is 0 Å². The normalized spacial score (nSPS) is 13.1. The van der Waals surface area contributed by atoms with Gasteiger partial charge in [0.25, 0.3) is 0 Å². The molecule has 0 spiro atoms. The summed E-state index contributed by atoms with van der Waals surface area (Å²) in [6, 6.07) is 4.36. The number of nitrogens with one attached hydrogen (secondary N) is 1. The third-order valence-electron chi connectivity index (χ3n) is 2.07. The molecule has 1 unspecified atom stereocenters. The lowest BCUT2D eigenvalue weighted by Crippen LogP contribution is -2.39. The molecule has 3 N–H and O–H groups in total. The molecule has 0 aliphatic heterocycles. The molecule has 1 aromatic heterocycles. The van der Waals surface area contributed by atoms with Crippen LogP contribution in [-0.4, -0.2) is 22.0 Å². The number of hydrogen-bond donors (Lipinski definition) is 2. The molecule has 1 atom stereocenters. The van der Waals surface area contributed by atoms with Crippen LogP contribution in [0.1, 0.15) is 19.4 Å². The highest BCUT2D eigenvalue weighted by Gasteiger charge is 2.08. The lowest BCUT2D eigenvalue weighted by Gasteiger charge is -2.16. The number of hydrazine groups is 1. The summed E-state index contributed by atoms with van der Waals surface area (Å²) in [6.07, 6.45) is 4.62. The van der Waals surface area contributed by atoms with Gasteiger partial charge in [-0.3, -0.25) is 16.3 Å². The van der Waals surface area contributed by atoms with E-state index in [-0.39, 0.29) is 0 Å². The quantitative estimate of drug-likeness (QED) is 0.570. The van der Waals surface area contributed by atoms with E-state index < -0.39 is 0 Å². The summed E-state index contributed by atoms with van der Waals surface area (Å²) in [5, 5.41) is 0.648. The van der Waals surface area contributed by atoms with Gasteiger partial charge in [0.1, 0.15) is 0 Å². The highest BCUT2D eigenvalue weighted by Crippen LogP contribution is 2.12. The topological polar surface area (TPSA) is 50.9 Å². The molecule has 0 saturated heterocycles. The average molecular weight is 225 g/mol.